The lowest BCUT2D eigenvalue weighted by Gasteiger charge is -2.09. The Morgan fingerprint density at radius 1 is 1.50 bits per heavy atom. The van der Waals surface area contributed by atoms with Gasteiger partial charge in [-0.15, -0.1) is 0 Å². The van der Waals surface area contributed by atoms with Crippen molar-refractivity contribution < 1.29 is 10.0 Å². The van der Waals surface area contributed by atoms with Crippen LogP contribution < -0.4 is 10.6 Å². The number of anilines is 2. The van der Waals surface area contributed by atoms with E-state index in [0.29, 0.717) is 25.3 Å². The second-order valence-corrected chi connectivity index (χ2v) is 3.92. The summed E-state index contributed by atoms with van der Waals surface area (Å²) in [7, 11) is 0. The SMILES string of the molecule is CCNc1ccc([N+](=O)[O-])c(NCCC(C)O)n1. The van der Waals surface area contributed by atoms with Crippen molar-refractivity contribution in [3.05, 3.63) is 22.2 Å². The highest BCUT2D eigenvalue weighted by atomic mass is 16.6. The maximum atomic E-state index is 10.8. The first-order chi connectivity index (χ1) is 8.54. The molecule has 7 nitrogen and oxygen atoms in total. The highest BCUT2D eigenvalue weighted by Gasteiger charge is 2.15. The van der Waals surface area contributed by atoms with Gasteiger partial charge >= 0.3 is 5.69 Å². The van der Waals surface area contributed by atoms with Crippen LogP contribution in [0.15, 0.2) is 12.1 Å². The molecule has 0 spiro atoms. The lowest BCUT2D eigenvalue weighted by molar-refractivity contribution is -0.384. The summed E-state index contributed by atoms with van der Waals surface area (Å²) in [4.78, 5) is 14.5. The molecule has 0 aliphatic rings. The summed E-state index contributed by atoms with van der Waals surface area (Å²) in [6, 6.07) is 2.98. The lowest BCUT2D eigenvalue weighted by atomic mass is 10.3. The van der Waals surface area contributed by atoms with E-state index < -0.39 is 11.0 Å². The molecule has 0 saturated carbocycles. The van der Waals surface area contributed by atoms with Crippen LogP contribution in [0.2, 0.25) is 0 Å². The van der Waals surface area contributed by atoms with Gasteiger partial charge in [0.2, 0.25) is 5.82 Å². The Bertz CT molecular complexity index is 409. The standard InChI is InChI=1S/C11H18N4O3/c1-3-12-10-5-4-9(15(17)18)11(14-10)13-7-6-8(2)16/h4-5,8,16H,3,6-7H2,1-2H3,(H2,12,13,14). The molecule has 18 heavy (non-hydrogen) atoms. The molecule has 0 radical (unpaired) electrons. The van der Waals surface area contributed by atoms with Crippen LogP contribution in [0.4, 0.5) is 17.3 Å². The van der Waals surface area contributed by atoms with E-state index in [-0.39, 0.29) is 11.5 Å². The number of aromatic nitrogens is 1. The van der Waals surface area contributed by atoms with Gasteiger partial charge < -0.3 is 15.7 Å². The number of nitrogens with one attached hydrogen (secondary N) is 2. The summed E-state index contributed by atoms with van der Waals surface area (Å²) in [5.74, 6) is 0.807. The Labute approximate surface area is 105 Å². The number of rotatable bonds is 7. The van der Waals surface area contributed by atoms with E-state index >= 15 is 0 Å². The molecule has 1 aromatic heterocycles. The van der Waals surface area contributed by atoms with Gasteiger partial charge in [0.05, 0.1) is 11.0 Å². The largest absolute Gasteiger partial charge is 0.393 e. The van der Waals surface area contributed by atoms with Crippen molar-refractivity contribution in [3.63, 3.8) is 0 Å². The molecular weight excluding hydrogens is 236 g/mol. The van der Waals surface area contributed by atoms with Crippen molar-refractivity contribution in [1.29, 1.82) is 0 Å². The van der Waals surface area contributed by atoms with Crippen LogP contribution in [0.1, 0.15) is 20.3 Å². The van der Waals surface area contributed by atoms with Gasteiger partial charge in [-0.25, -0.2) is 4.98 Å². The van der Waals surface area contributed by atoms with Crippen molar-refractivity contribution in [2.24, 2.45) is 0 Å². The maximum absolute atomic E-state index is 10.8. The summed E-state index contributed by atoms with van der Waals surface area (Å²) in [5.41, 5.74) is -0.0674. The third-order valence-electron chi connectivity index (χ3n) is 2.28. The average molecular weight is 254 g/mol. The molecule has 0 saturated heterocycles. The second kappa shape index (κ2) is 6.75. The van der Waals surface area contributed by atoms with Crippen LogP contribution in [0, 0.1) is 10.1 Å². The molecule has 3 N–H and O–H groups in total. The number of aliphatic hydroxyl groups is 1. The Kier molecular flexibility index (Phi) is 5.31. The maximum Gasteiger partial charge on any atom is 0.311 e. The Morgan fingerprint density at radius 3 is 2.78 bits per heavy atom. The van der Waals surface area contributed by atoms with Gasteiger partial charge in [-0.1, -0.05) is 0 Å². The van der Waals surface area contributed by atoms with Gasteiger partial charge in [-0.05, 0) is 26.3 Å². The molecule has 0 amide bonds. The predicted molar refractivity (Wildman–Crippen MR) is 69.8 cm³/mol. The van der Waals surface area contributed by atoms with Crippen molar-refractivity contribution >= 4 is 17.3 Å². The molecule has 0 fully saturated rings. The number of aliphatic hydroxyl groups excluding tert-OH is 1. The number of hydrogen-bond acceptors (Lipinski definition) is 6. The van der Waals surface area contributed by atoms with Crippen LogP contribution in [-0.2, 0) is 0 Å². The van der Waals surface area contributed by atoms with Crippen LogP contribution in [-0.4, -0.2) is 34.2 Å². The highest BCUT2D eigenvalue weighted by molar-refractivity contribution is 5.60. The quantitative estimate of drug-likeness (QED) is 0.505. The van der Waals surface area contributed by atoms with E-state index in [1.807, 2.05) is 6.92 Å². The Balaban J connectivity index is 2.82. The first-order valence-electron chi connectivity index (χ1n) is 5.85. The fraction of sp³-hybridized carbons (Fsp3) is 0.545. The van der Waals surface area contributed by atoms with Gasteiger partial charge in [0.1, 0.15) is 5.82 Å². The van der Waals surface area contributed by atoms with Crippen LogP contribution in [0.3, 0.4) is 0 Å². The average Bonchev–Trinajstić information content (AvgIpc) is 2.29. The zero-order valence-corrected chi connectivity index (χ0v) is 10.5. The predicted octanol–water partition coefficient (Wildman–Crippen LogP) is 1.60. The smallest absolute Gasteiger partial charge is 0.311 e. The van der Waals surface area contributed by atoms with Crippen LogP contribution >= 0.6 is 0 Å². The van der Waals surface area contributed by atoms with Crippen molar-refractivity contribution in [3.8, 4) is 0 Å². The summed E-state index contributed by atoms with van der Waals surface area (Å²) >= 11 is 0. The Hall–Kier alpha value is -1.89. The molecule has 0 aliphatic heterocycles. The van der Waals surface area contributed by atoms with E-state index in [1.54, 1.807) is 13.0 Å². The third kappa shape index (κ3) is 4.17. The van der Waals surface area contributed by atoms with Crippen molar-refractivity contribution in [2.75, 3.05) is 23.7 Å². The molecule has 1 aromatic rings. The van der Waals surface area contributed by atoms with E-state index in [1.165, 1.54) is 6.07 Å². The molecule has 0 aliphatic carbocycles. The minimum absolute atomic E-state index is 0.0674. The summed E-state index contributed by atoms with van der Waals surface area (Å²) in [6.07, 6.45) is 0.0538. The molecule has 0 aromatic carbocycles. The van der Waals surface area contributed by atoms with Gasteiger partial charge in [-0.3, -0.25) is 10.1 Å². The van der Waals surface area contributed by atoms with E-state index in [9.17, 15) is 10.1 Å². The topological polar surface area (TPSA) is 100 Å². The molecule has 1 rings (SSSR count). The fourth-order valence-corrected chi connectivity index (χ4v) is 1.41. The molecule has 0 bridgehead atoms. The molecule has 1 unspecified atom stereocenters. The number of nitro groups is 1. The summed E-state index contributed by atoms with van der Waals surface area (Å²) in [6.45, 7) is 4.71. The van der Waals surface area contributed by atoms with Crippen molar-refractivity contribution in [2.45, 2.75) is 26.4 Å². The number of pyridine rings is 1. The summed E-state index contributed by atoms with van der Waals surface area (Å²) < 4.78 is 0. The van der Waals surface area contributed by atoms with Gasteiger partial charge in [0.25, 0.3) is 0 Å². The lowest BCUT2D eigenvalue weighted by Crippen LogP contribution is -2.12. The molecule has 1 atom stereocenters. The normalized spacial score (nSPS) is 11.9. The van der Waals surface area contributed by atoms with Gasteiger partial charge in [-0.2, -0.15) is 0 Å². The second-order valence-electron chi connectivity index (χ2n) is 3.92. The zero-order chi connectivity index (χ0) is 13.5. The summed E-state index contributed by atoms with van der Waals surface area (Å²) in [5, 5.41) is 25.8. The van der Waals surface area contributed by atoms with E-state index in [2.05, 4.69) is 15.6 Å². The van der Waals surface area contributed by atoms with E-state index in [0.717, 1.165) is 0 Å². The zero-order valence-electron chi connectivity index (χ0n) is 10.5. The first-order valence-corrected chi connectivity index (χ1v) is 5.85. The molecule has 7 heteroatoms. The third-order valence-corrected chi connectivity index (χ3v) is 2.28. The van der Waals surface area contributed by atoms with Crippen LogP contribution in [0.5, 0.6) is 0 Å². The molecular formula is C11H18N4O3. The molecule has 1 heterocycles. The van der Waals surface area contributed by atoms with Gasteiger partial charge in [0, 0.05) is 19.2 Å². The minimum Gasteiger partial charge on any atom is -0.393 e. The molecule has 100 valence electrons. The van der Waals surface area contributed by atoms with E-state index in [4.69, 9.17) is 5.11 Å². The van der Waals surface area contributed by atoms with Crippen molar-refractivity contribution in [1.82, 2.24) is 4.98 Å². The monoisotopic (exact) mass is 254 g/mol. The number of hydrogen-bond donors (Lipinski definition) is 3. The Morgan fingerprint density at radius 2 is 2.22 bits per heavy atom. The minimum atomic E-state index is -0.479. The van der Waals surface area contributed by atoms with Crippen LogP contribution in [0.25, 0.3) is 0 Å². The fourth-order valence-electron chi connectivity index (χ4n) is 1.41. The highest BCUT2D eigenvalue weighted by Crippen LogP contribution is 2.23. The first kappa shape index (κ1) is 14.2. The van der Waals surface area contributed by atoms with Gasteiger partial charge in [0.15, 0.2) is 0 Å². The number of nitrogens with zero attached hydrogens (tertiary/aromatic N) is 2.